The number of benzene rings is 1. The Morgan fingerprint density at radius 2 is 2.12 bits per heavy atom. The molecular weight excluding hydrogens is 422 g/mol. The molecule has 1 aliphatic rings. The number of hydrogen-bond acceptors (Lipinski definition) is 7. The Balaban J connectivity index is 1.36. The van der Waals surface area contributed by atoms with E-state index >= 15 is 0 Å². The Hall–Kier alpha value is -2.75. The molecule has 1 aromatic carbocycles. The highest BCUT2D eigenvalue weighted by Crippen LogP contribution is 2.27. The van der Waals surface area contributed by atoms with Gasteiger partial charge in [-0.2, -0.15) is 4.98 Å². The lowest BCUT2D eigenvalue weighted by Crippen LogP contribution is -2.34. The van der Waals surface area contributed by atoms with Gasteiger partial charge < -0.3 is 24.6 Å². The minimum Gasteiger partial charge on any atom is -0.494 e. The lowest BCUT2D eigenvalue weighted by atomic mass is 9.92. The number of alkyl halides is 2. The first-order valence-electron chi connectivity index (χ1n) is 11.0. The molecule has 32 heavy (non-hydrogen) atoms. The van der Waals surface area contributed by atoms with E-state index in [2.05, 4.69) is 15.5 Å². The van der Waals surface area contributed by atoms with Crippen LogP contribution in [0.15, 0.2) is 22.7 Å². The van der Waals surface area contributed by atoms with Crippen LogP contribution in [-0.2, 0) is 0 Å². The fraction of sp³-hybridized carbons (Fsp3) is 0.591. The molecule has 8 nitrogen and oxygen atoms in total. The number of anilines is 1. The molecule has 10 heteroatoms. The zero-order valence-electron chi connectivity index (χ0n) is 18.2. The van der Waals surface area contributed by atoms with Crippen molar-refractivity contribution in [1.82, 2.24) is 15.5 Å². The number of carbonyl (C=O) groups is 1. The summed E-state index contributed by atoms with van der Waals surface area (Å²) in [5.74, 6) is 0.555. The first kappa shape index (κ1) is 23.9. The van der Waals surface area contributed by atoms with Gasteiger partial charge in [-0.15, -0.1) is 0 Å². The predicted octanol–water partition coefficient (Wildman–Crippen LogP) is 3.50. The number of aliphatic hydroxyl groups is 1. The number of aliphatic hydroxyl groups excluding tert-OH is 1. The highest BCUT2D eigenvalue weighted by Gasteiger charge is 2.24. The molecule has 0 radical (unpaired) electrons. The van der Waals surface area contributed by atoms with Crippen molar-refractivity contribution in [3.8, 4) is 5.75 Å². The summed E-state index contributed by atoms with van der Waals surface area (Å²) >= 11 is 0. The summed E-state index contributed by atoms with van der Waals surface area (Å²) in [4.78, 5) is 17.8. The van der Waals surface area contributed by atoms with Crippen molar-refractivity contribution in [3.63, 3.8) is 0 Å². The Bertz CT molecular complexity index is 869. The summed E-state index contributed by atoms with van der Waals surface area (Å²) in [5, 5.41) is 14.9. The van der Waals surface area contributed by atoms with Crippen molar-refractivity contribution in [2.75, 3.05) is 37.7 Å². The van der Waals surface area contributed by atoms with Crippen molar-refractivity contribution in [3.05, 3.63) is 35.2 Å². The van der Waals surface area contributed by atoms with Gasteiger partial charge in [-0.3, -0.25) is 4.79 Å². The second kappa shape index (κ2) is 11.8. The SMILES string of the molecule is Cc1cc(OCCCC2CCN(c3nc(C(F)F)no3)CC2)ccc1C(=O)NCCCO. The second-order valence-corrected chi connectivity index (χ2v) is 7.97. The third kappa shape index (κ3) is 6.62. The van der Waals surface area contributed by atoms with Gasteiger partial charge in [0, 0.05) is 31.8 Å². The van der Waals surface area contributed by atoms with Crippen molar-refractivity contribution >= 4 is 11.9 Å². The summed E-state index contributed by atoms with van der Waals surface area (Å²) in [6.07, 6.45) is 1.60. The van der Waals surface area contributed by atoms with Crippen LogP contribution < -0.4 is 15.0 Å². The Morgan fingerprint density at radius 1 is 1.34 bits per heavy atom. The molecular formula is C22H30F2N4O4. The molecule has 0 aliphatic carbocycles. The van der Waals surface area contributed by atoms with Crippen molar-refractivity contribution in [2.45, 2.75) is 45.5 Å². The highest BCUT2D eigenvalue weighted by atomic mass is 19.3. The minimum atomic E-state index is -2.72. The molecule has 0 unspecified atom stereocenters. The third-order valence-corrected chi connectivity index (χ3v) is 5.60. The molecule has 0 saturated carbocycles. The van der Waals surface area contributed by atoms with Crippen LogP contribution in [0.25, 0.3) is 0 Å². The van der Waals surface area contributed by atoms with Crippen LogP contribution in [0.2, 0.25) is 0 Å². The fourth-order valence-electron chi connectivity index (χ4n) is 3.78. The van der Waals surface area contributed by atoms with E-state index in [9.17, 15) is 13.6 Å². The van der Waals surface area contributed by atoms with E-state index in [4.69, 9.17) is 14.4 Å². The number of carbonyl (C=O) groups excluding carboxylic acids is 1. The third-order valence-electron chi connectivity index (χ3n) is 5.60. The van der Waals surface area contributed by atoms with Gasteiger partial charge in [-0.05, 0) is 68.7 Å². The maximum Gasteiger partial charge on any atom is 0.324 e. The Kier molecular flexibility index (Phi) is 8.78. The molecule has 2 aromatic rings. The van der Waals surface area contributed by atoms with Crippen LogP contribution in [0.3, 0.4) is 0 Å². The molecule has 3 rings (SSSR count). The van der Waals surface area contributed by atoms with Crippen LogP contribution >= 0.6 is 0 Å². The van der Waals surface area contributed by atoms with E-state index in [1.807, 2.05) is 17.9 Å². The molecule has 1 aliphatic heterocycles. The zero-order valence-corrected chi connectivity index (χ0v) is 18.2. The molecule has 1 fully saturated rings. The Labute approximate surface area is 185 Å². The minimum absolute atomic E-state index is 0.0476. The van der Waals surface area contributed by atoms with E-state index in [0.29, 0.717) is 44.1 Å². The van der Waals surface area contributed by atoms with Crippen LogP contribution in [0.4, 0.5) is 14.8 Å². The van der Waals surface area contributed by atoms with Crippen LogP contribution in [0, 0.1) is 12.8 Å². The number of piperidine rings is 1. The second-order valence-electron chi connectivity index (χ2n) is 7.97. The zero-order chi connectivity index (χ0) is 22.9. The number of rotatable bonds is 11. The number of nitrogens with zero attached hydrogens (tertiary/aromatic N) is 3. The van der Waals surface area contributed by atoms with Crippen LogP contribution in [0.5, 0.6) is 5.75 Å². The van der Waals surface area contributed by atoms with Gasteiger partial charge in [0.05, 0.1) is 6.61 Å². The van der Waals surface area contributed by atoms with E-state index in [-0.39, 0.29) is 18.5 Å². The number of halogens is 2. The average Bonchev–Trinajstić information content (AvgIpc) is 3.28. The fourth-order valence-corrected chi connectivity index (χ4v) is 3.78. The highest BCUT2D eigenvalue weighted by molar-refractivity contribution is 5.95. The van der Waals surface area contributed by atoms with Gasteiger partial charge in [0.2, 0.25) is 5.82 Å². The summed E-state index contributed by atoms with van der Waals surface area (Å²) in [7, 11) is 0. The van der Waals surface area contributed by atoms with Gasteiger partial charge in [-0.25, -0.2) is 8.78 Å². The number of aryl methyl sites for hydroxylation is 1. The molecule has 1 saturated heterocycles. The maximum atomic E-state index is 12.6. The Morgan fingerprint density at radius 3 is 2.78 bits per heavy atom. The number of ether oxygens (including phenoxy) is 1. The molecule has 176 valence electrons. The van der Waals surface area contributed by atoms with Crippen LogP contribution in [0.1, 0.15) is 60.3 Å². The molecule has 2 heterocycles. The average molecular weight is 453 g/mol. The van der Waals surface area contributed by atoms with E-state index in [0.717, 1.165) is 37.0 Å². The smallest absolute Gasteiger partial charge is 0.324 e. The maximum absolute atomic E-state index is 12.6. The number of hydrogen-bond donors (Lipinski definition) is 2. The molecule has 2 N–H and O–H groups in total. The molecule has 1 aromatic heterocycles. The summed E-state index contributed by atoms with van der Waals surface area (Å²) < 4.78 is 36.0. The first-order valence-corrected chi connectivity index (χ1v) is 11.0. The summed E-state index contributed by atoms with van der Waals surface area (Å²) in [6.45, 7) is 4.36. The van der Waals surface area contributed by atoms with Crippen LogP contribution in [-0.4, -0.2) is 54.0 Å². The molecule has 1 amide bonds. The first-order chi connectivity index (χ1) is 15.5. The van der Waals surface area contributed by atoms with Gasteiger partial charge in [0.15, 0.2) is 0 Å². The summed E-state index contributed by atoms with van der Waals surface area (Å²) in [6, 6.07) is 5.58. The number of amides is 1. The summed E-state index contributed by atoms with van der Waals surface area (Å²) in [5.41, 5.74) is 1.44. The van der Waals surface area contributed by atoms with Gasteiger partial charge in [0.25, 0.3) is 5.91 Å². The standard InChI is InChI=1S/C22H30F2N4O4/c1-15-14-17(5-6-18(15)21(30)25-9-3-12-29)31-13-2-4-16-7-10-28(11-8-16)22-26-20(19(23)24)27-32-22/h5-6,14,16,19,29H,2-4,7-13H2,1H3,(H,25,30). The topological polar surface area (TPSA) is 101 Å². The monoisotopic (exact) mass is 452 g/mol. The van der Waals surface area contributed by atoms with Gasteiger partial charge in [0.1, 0.15) is 5.75 Å². The van der Waals surface area contributed by atoms with Crippen molar-refractivity contribution < 1.29 is 27.9 Å². The molecule has 0 spiro atoms. The predicted molar refractivity (Wildman–Crippen MR) is 114 cm³/mol. The van der Waals surface area contributed by atoms with Crippen molar-refractivity contribution in [2.24, 2.45) is 5.92 Å². The van der Waals surface area contributed by atoms with Gasteiger partial charge in [-0.1, -0.05) is 5.16 Å². The largest absolute Gasteiger partial charge is 0.494 e. The molecule has 0 atom stereocenters. The number of nitrogens with one attached hydrogen (secondary N) is 1. The lowest BCUT2D eigenvalue weighted by molar-refractivity contribution is 0.0950. The number of aromatic nitrogens is 2. The normalized spacial score (nSPS) is 14.7. The molecule has 0 bridgehead atoms. The van der Waals surface area contributed by atoms with E-state index in [1.165, 1.54) is 0 Å². The van der Waals surface area contributed by atoms with E-state index in [1.54, 1.807) is 12.1 Å². The van der Waals surface area contributed by atoms with E-state index < -0.39 is 12.2 Å². The lowest BCUT2D eigenvalue weighted by Gasteiger charge is -2.30. The quantitative estimate of drug-likeness (QED) is 0.503. The van der Waals surface area contributed by atoms with Crippen molar-refractivity contribution in [1.29, 1.82) is 0 Å². The van der Waals surface area contributed by atoms with Gasteiger partial charge >= 0.3 is 12.4 Å².